The summed E-state index contributed by atoms with van der Waals surface area (Å²) >= 11 is 0. The van der Waals surface area contributed by atoms with Gasteiger partial charge in [-0.1, -0.05) is 0 Å². The Balaban J connectivity index is 2.58. The van der Waals surface area contributed by atoms with E-state index in [1.54, 1.807) is 0 Å². The van der Waals surface area contributed by atoms with E-state index in [-0.39, 0.29) is 12.2 Å². The molecule has 1 heterocycles. The van der Waals surface area contributed by atoms with Crippen LogP contribution in [0.4, 0.5) is 4.39 Å². The molecule has 9 heavy (non-hydrogen) atoms. The molecule has 0 radical (unpaired) electrons. The van der Waals surface area contributed by atoms with Crippen molar-refractivity contribution >= 4 is 0 Å². The van der Waals surface area contributed by atoms with Crippen molar-refractivity contribution in [2.24, 2.45) is 0 Å². The Labute approximate surface area is 54.5 Å². The predicted molar refractivity (Wildman–Crippen MR) is 33.8 cm³/mol. The third-order valence-corrected chi connectivity index (χ3v) is 1.62. The van der Waals surface area contributed by atoms with Gasteiger partial charge in [0.2, 0.25) is 0 Å². The topological polar surface area (TPSA) is 9.23 Å². The van der Waals surface area contributed by atoms with Gasteiger partial charge in [-0.3, -0.25) is 0 Å². The summed E-state index contributed by atoms with van der Waals surface area (Å²) in [5, 5.41) is 0. The van der Waals surface area contributed by atoms with E-state index in [9.17, 15) is 4.39 Å². The lowest BCUT2D eigenvalue weighted by Crippen LogP contribution is -2.02. The van der Waals surface area contributed by atoms with E-state index in [0.29, 0.717) is 6.33 Å². The zero-order chi connectivity index (χ0) is 6.85. The molecule has 1 fully saturated rings. The maximum atomic E-state index is 11.9. The zero-order valence-corrected chi connectivity index (χ0v) is 5.73. The van der Waals surface area contributed by atoms with Crippen LogP contribution in [0.2, 0.25) is 0 Å². The molecule has 2 heteroatoms. The largest absolute Gasteiger partial charge is 0.371 e. The van der Waals surface area contributed by atoms with E-state index >= 15 is 0 Å². The predicted octanol–water partition coefficient (Wildman–Crippen LogP) is 2.04. The summed E-state index contributed by atoms with van der Waals surface area (Å²) in [4.78, 5) is 0. The molecule has 1 rings (SSSR count). The molecule has 1 nitrogen and oxygen atoms in total. The first-order valence-corrected chi connectivity index (χ1v) is 3.18. The SMILES string of the molecule is CC1C/C(=C\F)C(C)O1. The van der Waals surface area contributed by atoms with Crippen molar-refractivity contribution in [2.75, 3.05) is 0 Å². The van der Waals surface area contributed by atoms with Crippen molar-refractivity contribution in [1.82, 2.24) is 0 Å². The van der Waals surface area contributed by atoms with Gasteiger partial charge in [0.1, 0.15) is 0 Å². The fourth-order valence-corrected chi connectivity index (χ4v) is 1.12. The molecule has 0 spiro atoms. The van der Waals surface area contributed by atoms with Gasteiger partial charge in [0, 0.05) is 0 Å². The van der Waals surface area contributed by atoms with Gasteiger partial charge in [-0.05, 0) is 25.8 Å². The van der Waals surface area contributed by atoms with Crippen LogP contribution in [0.1, 0.15) is 20.3 Å². The van der Waals surface area contributed by atoms with Gasteiger partial charge in [0.05, 0.1) is 18.5 Å². The normalized spacial score (nSPS) is 40.1. The number of rotatable bonds is 0. The fraction of sp³-hybridized carbons (Fsp3) is 0.714. The average molecular weight is 130 g/mol. The van der Waals surface area contributed by atoms with E-state index < -0.39 is 0 Å². The third-order valence-electron chi connectivity index (χ3n) is 1.62. The van der Waals surface area contributed by atoms with E-state index in [2.05, 4.69) is 0 Å². The lowest BCUT2D eigenvalue weighted by molar-refractivity contribution is 0.0743. The zero-order valence-electron chi connectivity index (χ0n) is 5.73. The second-order valence-corrected chi connectivity index (χ2v) is 2.48. The first kappa shape index (κ1) is 6.75. The molecule has 0 aromatic rings. The second-order valence-electron chi connectivity index (χ2n) is 2.48. The Kier molecular flexibility index (Phi) is 1.86. The molecule has 0 amide bonds. The number of halogens is 1. The average Bonchev–Trinajstić information content (AvgIpc) is 2.10. The summed E-state index contributed by atoms with van der Waals surface area (Å²) in [7, 11) is 0. The molecular formula is C7H11FO. The van der Waals surface area contributed by atoms with Gasteiger partial charge in [-0.15, -0.1) is 0 Å². The van der Waals surface area contributed by atoms with Crippen molar-refractivity contribution in [2.45, 2.75) is 32.5 Å². The molecule has 2 atom stereocenters. The Hall–Kier alpha value is -0.370. The molecule has 0 aromatic heterocycles. The van der Waals surface area contributed by atoms with Crippen molar-refractivity contribution in [3.05, 3.63) is 11.9 Å². The van der Waals surface area contributed by atoms with Crippen LogP contribution in [-0.2, 0) is 4.74 Å². The van der Waals surface area contributed by atoms with Crippen LogP contribution in [0.15, 0.2) is 11.9 Å². The van der Waals surface area contributed by atoms with Crippen LogP contribution < -0.4 is 0 Å². The Morgan fingerprint density at radius 1 is 1.67 bits per heavy atom. The quantitative estimate of drug-likeness (QED) is 0.487. The first-order chi connectivity index (χ1) is 4.24. The van der Waals surface area contributed by atoms with Crippen LogP contribution >= 0.6 is 0 Å². The molecule has 0 N–H and O–H groups in total. The van der Waals surface area contributed by atoms with E-state index in [0.717, 1.165) is 12.0 Å². The monoisotopic (exact) mass is 130 g/mol. The molecule has 1 aliphatic heterocycles. The van der Waals surface area contributed by atoms with Crippen LogP contribution in [0, 0.1) is 0 Å². The maximum absolute atomic E-state index is 11.9. The minimum atomic E-state index is -0.00926. The summed E-state index contributed by atoms with van der Waals surface area (Å²) in [5.41, 5.74) is 0.780. The Morgan fingerprint density at radius 2 is 2.33 bits per heavy atom. The highest BCUT2D eigenvalue weighted by Gasteiger charge is 2.22. The molecule has 0 aromatic carbocycles. The highest BCUT2D eigenvalue weighted by atomic mass is 19.1. The van der Waals surface area contributed by atoms with Gasteiger partial charge >= 0.3 is 0 Å². The number of hydrogen-bond acceptors (Lipinski definition) is 1. The second kappa shape index (κ2) is 2.48. The van der Waals surface area contributed by atoms with Crippen LogP contribution in [-0.4, -0.2) is 12.2 Å². The van der Waals surface area contributed by atoms with E-state index in [4.69, 9.17) is 4.74 Å². The molecule has 0 aliphatic carbocycles. The molecule has 0 bridgehead atoms. The van der Waals surface area contributed by atoms with Gasteiger partial charge in [0.15, 0.2) is 0 Å². The Morgan fingerprint density at radius 3 is 2.56 bits per heavy atom. The van der Waals surface area contributed by atoms with E-state index in [1.165, 1.54) is 0 Å². The summed E-state index contributed by atoms with van der Waals surface area (Å²) in [6.45, 7) is 3.82. The maximum Gasteiger partial charge on any atom is 0.0885 e. The summed E-state index contributed by atoms with van der Waals surface area (Å²) in [6.07, 6.45) is 1.60. The van der Waals surface area contributed by atoms with Crippen LogP contribution in [0.25, 0.3) is 0 Å². The van der Waals surface area contributed by atoms with Crippen molar-refractivity contribution < 1.29 is 9.13 Å². The molecule has 2 unspecified atom stereocenters. The fourth-order valence-electron chi connectivity index (χ4n) is 1.12. The number of ether oxygens (including phenoxy) is 1. The minimum absolute atomic E-state index is 0.00926. The Bertz CT molecular complexity index is 131. The van der Waals surface area contributed by atoms with Gasteiger partial charge in [-0.25, -0.2) is 4.39 Å². The van der Waals surface area contributed by atoms with Crippen LogP contribution in [0.3, 0.4) is 0 Å². The van der Waals surface area contributed by atoms with Gasteiger partial charge in [0.25, 0.3) is 0 Å². The minimum Gasteiger partial charge on any atom is -0.371 e. The molecule has 52 valence electrons. The van der Waals surface area contributed by atoms with Crippen LogP contribution in [0.5, 0.6) is 0 Å². The summed E-state index contributed by atoms with van der Waals surface area (Å²) in [6, 6.07) is 0. The van der Waals surface area contributed by atoms with Gasteiger partial charge in [-0.2, -0.15) is 0 Å². The van der Waals surface area contributed by atoms with Crippen molar-refractivity contribution in [3.63, 3.8) is 0 Å². The first-order valence-electron chi connectivity index (χ1n) is 3.18. The molecule has 0 saturated carbocycles. The van der Waals surface area contributed by atoms with Crippen molar-refractivity contribution in [1.29, 1.82) is 0 Å². The summed E-state index contributed by atoms with van der Waals surface area (Å²) in [5.74, 6) is 0. The smallest absolute Gasteiger partial charge is 0.0885 e. The standard InChI is InChI=1S/C7H11FO/c1-5-3-7(4-8)6(2)9-5/h4-6H,3H2,1-2H3/b7-4+. The lowest BCUT2D eigenvalue weighted by Gasteiger charge is -2.01. The number of hydrogen-bond donors (Lipinski definition) is 0. The molecule has 1 aliphatic rings. The van der Waals surface area contributed by atoms with E-state index in [1.807, 2.05) is 13.8 Å². The summed E-state index contributed by atoms with van der Waals surface area (Å²) < 4.78 is 17.1. The van der Waals surface area contributed by atoms with Crippen molar-refractivity contribution in [3.8, 4) is 0 Å². The molecular weight excluding hydrogens is 119 g/mol. The lowest BCUT2D eigenvalue weighted by atomic mass is 10.1. The van der Waals surface area contributed by atoms with Gasteiger partial charge < -0.3 is 4.74 Å². The molecule has 1 saturated heterocycles. The highest BCUT2D eigenvalue weighted by molar-refractivity contribution is 5.09. The third kappa shape index (κ3) is 1.30. The highest BCUT2D eigenvalue weighted by Crippen LogP contribution is 2.24.